The fraction of sp³-hybridized carbons (Fsp3) is 0.400. The van der Waals surface area contributed by atoms with Gasteiger partial charge in [0.2, 0.25) is 0 Å². The summed E-state index contributed by atoms with van der Waals surface area (Å²) in [4.78, 5) is 0. The van der Waals surface area contributed by atoms with Crippen molar-refractivity contribution in [1.29, 1.82) is 5.26 Å². The Balaban J connectivity index is 0.000000921. The summed E-state index contributed by atoms with van der Waals surface area (Å²) in [5, 5.41) is 9.04. The van der Waals surface area contributed by atoms with Crippen molar-refractivity contribution in [2.75, 3.05) is 0 Å². The van der Waals surface area contributed by atoms with Crippen molar-refractivity contribution in [2.45, 2.75) is 41.2 Å². The number of thiophene rings is 1. The summed E-state index contributed by atoms with van der Waals surface area (Å²) in [7, 11) is 0. The van der Waals surface area contributed by atoms with Gasteiger partial charge in [0.05, 0.1) is 4.70 Å². The summed E-state index contributed by atoms with van der Waals surface area (Å²) in [6.07, 6.45) is 0. The fourth-order valence-corrected chi connectivity index (χ4v) is 2.66. The highest BCUT2D eigenvalue weighted by Crippen LogP contribution is 2.40. The first-order valence-corrected chi connectivity index (χ1v) is 7.42. The maximum absolute atomic E-state index is 13.5. The summed E-state index contributed by atoms with van der Waals surface area (Å²) < 4.78 is 42.2. The number of aryl methyl sites for hydroxylation is 1. The third kappa shape index (κ3) is 4.36. The first-order valence-electron chi connectivity index (χ1n) is 6.61. The molecule has 2 rings (SSSR count). The number of ether oxygens (including phenoxy) is 1. The third-order valence-corrected chi connectivity index (χ3v) is 3.36. The van der Waals surface area contributed by atoms with Gasteiger partial charge in [-0.15, -0.1) is 0 Å². The quantitative estimate of drug-likeness (QED) is 0.693. The van der Waals surface area contributed by atoms with E-state index in [2.05, 4.69) is 4.74 Å². The number of fused-ring (bicyclic) bond motifs is 1. The number of halogens is 3. The predicted octanol–water partition coefficient (Wildman–Crippen LogP) is 5.87. The Bertz CT molecular complexity index is 617. The topological polar surface area (TPSA) is 33.0 Å². The minimum Gasteiger partial charge on any atom is -0.423 e. The summed E-state index contributed by atoms with van der Waals surface area (Å²) in [5.41, 5.74) is 0.612. The molecular formula is C15H18F3NOS. The van der Waals surface area contributed by atoms with Crippen LogP contribution in [0.15, 0.2) is 12.1 Å². The molecule has 0 spiro atoms. The molecule has 0 saturated heterocycles. The largest absolute Gasteiger partial charge is 0.423 e. The molecule has 0 unspecified atom stereocenters. The maximum Gasteiger partial charge on any atom is 0.388 e. The minimum atomic E-state index is -3.03. The average molecular weight is 317 g/mol. The van der Waals surface area contributed by atoms with Gasteiger partial charge in [-0.25, -0.2) is 4.39 Å². The molecule has 116 valence electrons. The van der Waals surface area contributed by atoms with Crippen LogP contribution < -0.4 is 4.74 Å². The third-order valence-electron chi connectivity index (χ3n) is 2.27. The predicted molar refractivity (Wildman–Crippen MR) is 80.6 cm³/mol. The van der Waals surface area contributed by atoms with Crippen LogP contribution >= 0.6 is 11.3 Å². The molecule has 1 aromatic carbocycles. The molecule has 1 heterocycles. The molecule has 0 N–H and O–H groups in total. The van der Waals surface area contributed by atoms with Gasteiger partial charge in [-0.1, -0.05) is 45.1 Å². The lowest BCUT2D eigenvalue weighted by Crippen LogP contribution is -2.01. The molecule has 0 aliphatic heterocycles. The Morgan fingerprint density at radius 2 is 1.76 bits per heavy atom. The van der Waals surface area contributed by atoms with E-state index in [1.165, 1.54) is 12.1 Å². The van der Waals surface area contributed by atoms with Crippen molar-refractivity contribution in [3.05, 3.63) is 29.1 Å². The van der Waals surface area contributed by atoms with Gasteiger partial charge in [0.25, 0.3) is 0 Å². The van der Waals surface area contributed by atoms with Gasteiger partial charge in [-0.2, -0.15) is 14.0 Å². The summed E-state index contributed by atoms with van der Waals surface area (Å²) in [6, 6.07) is 4.51. The van der Waals surface area contributed by atoms with Crippen LogP contribution in [0.25, 0.3) is 10.1 Å². The maximum atomic E-state index is 13.5. The van der Waals surface area contributed by atoms with Crippen LogP contribution in [0.5, 0.6) is 5.06 Å². The van der Waals surface area contributed by atoms with Crippen molar-refractivity contribution in [3.8, 4) is 11.1 Å². The lowest BCUT2D eigenvalue weighted by atomic mass is 10.1. The Kier molecular flexibility index (Phi) is 8.48. The monoisotopic (exact) mass is 317 g/mol. The van der Waals surface area contributed by atoms with Gasteiger partial charge >= 0.3 is 6.61 Å². The second-order valence-corrected chi connectivity index (χ2v) is 4.31. The SMILES string of the molecule is CC.CC.Cc1ccc(F)c2sc(OC(F)F)c(C#N)c12. The Morgan fingerprint density at radius 1 is 1.19 bits per heavy atom. The molecule has 0 aliphatic rings. The van der Waals surface area contributed by atoms with Gasteiger partial charge in [-0.3, -0.25) is 0 Å². The van der Waals surface area contributed by atoms with Crippen molar-refractivity contribution in [2.24, 2.45) is 0 Å². The summed E-state index contributed by atoms with van der Waals surface area (Å²) in [5.74, 6) is -0.545. The van der Waals surface area contributed by atoms with Crippen molar-refractivity contribution in [1.82, 2.24) is 0 Å². The molecule has 6 heteroatoms. The first kappa shape index (κ1) is 19.3. The van der Waals surface area contributed by atoms with Crippen molar-refractivity contribution < 1.29 is 17.9 Å². The standard InChI is InChI=1S/C11H6F3NOS.2C2H6/c1-5-2-3-7(12)9-8(5)6(4-15)10(17-9)16-11(13)14;2*1-2/h2-3,11H,1H3;2*1-2H3. The van der Waals surface area contributed by atoms with E-state index in [9.17, 15) is 13.2 Å². The molecule has 0 aliphatic carbocycles. The minimum absolute atomic E-state index is 0.0395. The normalized spacial score (nSPS) is 9.33. The lowest BCUT2D eigenvalue weighted by Gasteiger charge is -2.00. The molecule has 0 fully saturated rings. The van der Waals surface area contributed by atoms with E-state index in [0.717, 1.165) is 11.3 Å². The highest BCUT2D eigenvalue weighted by atomic mass is 32.1. The second kappa shape index (κ2) is 9.24. The first-order chi connectivity index (χ1) is 10.0. The Labute approximate surface area is 126 Å². The molecular weight excluding hydrogens is 299 g/mol. The van der Waals surface area contributed by atoms with E-state index < -0.39 is 12.4 Å². The molecule has 21 heavy (non-hydrogen) atoms. The highest BCUT2D eigenvalue weighted by Gasteiger charge is 2.20. The summed E-state index contributed by atoms with van der Waals surface area (Å²) >= 11 is 0.718. The number of nitrogens with zero attached hydrogens (tertiary/aromatic N) is 1. The van der Waals surface area contributed by atoms with Crippen LogP contribution in [0, 0.1) is 24.1 Å². The van der Waals surface area contributed by atoms with E-state index in [1.54, 1.807) is 13.0 Å². The van der Waals surface area contributed by atoms with Crippen LogP contribution in [0.2, 0.25) is 0 Å². The Morgan fingerprint density at radius 3 is 2.24 bits per heavy atom. The van der Waals surface area contributed by atoms with E-state index in [-0.39, 0.29) is 15.3 Å². The van der Waals surface area contributed by atoms with E-state index in [4.69, 9.17) is 5.26 Å². The lowest BCUT2D eigenvalue weighted by molar-refractivity contribution is -0.0473. The zero-order valence-corrected chi connectivity index (χ0v) is 13.4. The van der Waals surface area contributed by atoms with Gasteiger partial charge in [0.1, 0.15) is 17.4 Å². The Hall–Kier alpha value is -1.74. The molecule has 0 radical (unpaired) electrons. The van der Waals surface area contributed by atoms with Crippen LogP contribution in [0.4, 0.5) is 13.2 Å². The second-order valence-electron chi connectivity index (χ2n) is 3.32. The van der Waals surface area contributed by atoms with Gasteiger partial charge in [0.15, 0.2) is 5.06 Å². The van der Waals surface area contributed by atoms with Crippen LogP contribution in [0.3, 0.4) is 0 Å². The van der Waals surface area contributed by atoms with Crippen LogP contribution in [-0.2, 0) is 0 Å². The summed E-state index contributed by atoms with van der Waals surface area (Å²) in [6.45, 7) is 6.65. The van der Waals surface area contributed by atoms with Crippen LogP contribution in [0.1, 0.15) is 38.8 Å². The highest BCUT2D eigenvalue weighted by molar-refractivity contribution is 7.21. The van der Waals surface area contributed by atoms with Gasteiger partial charge in [0, 0.05) is 5.39 Å². The molecule has 1 aromatic heterocycles. The van der Waals surface area contributed by atoms with E-state index in [0.29, 0.717) is 10.9 Å². The molecule has 2 aromatic rings. The number of benzene rings is 1. The number of alkyl halides is 2. The zero-order chi connectivity index (χ0) is 16.6. The van der Waals surface area contributed by atoms with Gasteiger partial charge in [-0.05, 0) is 18.6 Å². The smallest absolute Gasteiger partial charge is 0.388 e. The molecule has 0 bridgehead atoms. The fourth-order valence-electron chi connectivity index (χ4n) is 1.58. The molecule has 0 saturated carbocycles. The van der Waals surface area contributed by atoms with Crippen molar-refractivity contribution in [3.63, 3.8) is 0 Å². The van der Waals surface area contributed by atoms with E-state index in [1.807, 2.05) is 27.7 Å². The molecule has 0 atom stereocenters. The number of hydrogen-bond donors (Lipinski definition) is 0. The average Bonchev–Trinajstić information content (AvgIpc) is 2.86. The number of nitriles is 1. The van der Waals surface area contributed by atoms with E-state index >= 15 is 0 Å². The molecule has 2 nitrogen and oxygen atoms in total. The zero-order valence-electron chi connectivity index (χ0n) is 12.6. The van der Waals surface area contributed by atoms with Crippen LogP contribution in [-0.4, -0.2) is 6.61 Å². The number of rotatable bonds is 2. The molecule has 0 amide bonds. The van der Waals surface area contributed by atoms with Crippen molar-refractivity contribution >= 4 is 21.4 Å². The van der Waals surface area contributed by atoms with Gasteiger partial charge < -0.3 is 4.74 Å². The number of hydrogen-bond acceptors (Lipinski definition) is 3.